The van der Waals surface area contributed by atoms with Crippen molar-refractivity contribution in [3.05, 3.63) is 11.8 Å². The van der Waals surface area contributed by atoms with Gasteiger partial charge in [-0.25, -0.2) is 4.79 Å². The second kappa shape index (κ2) is 8.26. The monoisotopic (exact) mass is 379 g/mol. The summed E-state index contributed by atoms with van der Waals surface area (Å²) in [5.41, 5.74) is 0. The van der Waals surface area contributed by atoms with Crippen LogP contribution in [-0.2, 0) is 23.8 Å². The summed E-state index contributed by atoms with van der Waals surface area (Å²) in [6.07, 6.45) is -10.3. The van der Waals surface area contributed by atoms with E-state index in [9.17, 15) is 35.1 Å². The van der Waals surface area contributed by atoms with Gasteiger partial charge in [0, 0.05) is 6.92 Å². The highest BCUT2D eigenvalue weighted by Crippen LogP contribution is 2.27. The largest absolute Gasteiger partial charge is 0.475 e. The van der Waals surface area contributed by atoms with E-state index in [1.165, 1.54) is 0 Å². The van der Waals surface area contributed by atoms with Gasteiger partial charge in [0.2, 0.25) is 18.0 Å². The van der Waals surface area contributed by atoms with E-state index in [1.807, 2.05) is 0 Å². The van der Waals surface area contributed by atoms with Gasteiger partial charge in [-0.2, -0.15) is 0 Å². The first kappa shape index (κ1) is 20.5. The lowest BCUT2D eigenvalue weighted by Crippen LogP contribution is -2.66. The third-order valence-electron chi connectivity index (χ3n) is 3.94. The first-order valence-corrected chi connectivity index (χ1v) is 7.68. The van der Waals surface area contributed by atoms with Crippen LogP contribution in [0.15, 0.2) is 11.8 Å². The Balaban J connectivity index is 2.24. The zero-order valence-electron chi connectivity index (χ0n) is 13.6. The maximum atomic E-state index is 11.3. The molecule has 0 aromatic carbocycles. The van der Waals surface area contributed by atoms with Gasteiger partial charge in [0.1, 0.15) is 36.6 Å². The van der Waals surface area contributed by atoms with E-state index in [1.54, 1.807) is 0 Å². The van der Waals surface area contributed by atoms with Crippen LogP contribution >= 0.6 is 0 Å². The molecule has 0 aromatic heterocycles. The summed E-state index contributed by atoms with van der Waals surface area (Å²) in [6, 6.07) is -1.32. The van der Waals surface area contributed by atoms with Gasteiger partial charge in [-0.3, -0.25) is 4.79 Å². The molecule has 0 radical (unpaired) electrons. The average Bonchev–Trinajstić information content (AvgIpc) is 2.56. The summed E-state index contributed by atoms with van der Waals surface area (Å²) in [6.45, 7) is 0.442. The van der Waals surface area contributed by atoms with Gasteiger partial charge < -0.3 is 50.2 Å². The van der Waals surface area contributed by atoms with Gasteiger partial charge in [0.15, 0.2) is 6.29 Å². The zero-order valence-corrected chi connectivity index (χ0v) is 13.6. The third-order valence-corrected chi connectivity index (χ3v) is 3.94. The number of amides is 1. The molecule has 0 saturated carbocycles. The number of carboxylic acids is 1. The minimum absolute atomic E-state index is 0.600. The number of aliphatic hydroxyl groups excluding tert-OH is 5. The van der Waals surface area contributed by atoms with Crippen molar-refractivity contribution in [2.24, 2.45) is 0 Å². The quantitative estimate of drug-likeness (QED) is 0.246. The third kappa shape index (κ3) is 4.29. The molecule has 0 aliphatic carbocycles. The average molecular weight is 379 g/mol. The van der Waals surface area contributed by atoms with Crippen molar-refractivity contribution >= 4 is 11.9 Å². The van der Waals surface area contributed by atoms with Crippen molar-refractivity contribution in [1.29, 1.82) is 0 Å². The lowest BCUT2D eigenvalue weighted by Gasteiger charge is -2.44. The van der Waals surface area contributed by atoms with Gasteiger partial charge in [0.05, 0.1) is 6.61 Å². The van der Waals surface area contributed by atoms with Crippen LogP contribution in [0.1, 0.15) is 6.92 Å². The van der Waals surface area contributed by atoms with E-state index < -0.39 is 73.4 Å². The Hall–Kier alpha value is -1.80. The number of rotatable bonds is 5. The SMILES string of the molecule is CC(=O)NC1C(O)OC(CO)C(O)C1OC1OC(C(=O)O)=CC(O)C1O. The van der Waals surface area contributed by atoms with Crippen LogP contribution in [0.25, 0.3) is 0 Å². The first-order valence-electron chi connectivity index (χ1n) is 7.68. The number of aliphatic hydroxyl groups is 5. The molecule has 12 heteroatoms. The lowest BCUT2D eigenvalue weighted by atomic mass is 9.96. The molecule has 1 saturated heterocycles. The highest BCUT2D eigenvalue weighted by Gasteiger charge is 2.49. The van der Waals surface area contributed by atoms with Crippen LogP contribution in [0.5, 0.6) is 0 Å². The summed E-state index contributed by atoms with van der Waals surface area (Å²) >= 11 is 0. The fourth-order valence-electron chi connectivity index (χ4n) is 2.67. The molecule has 2 heterocycles. The lowest BCUT2D eigenvalue weighted by molar-refractivity contribution is -0.302. The Kier molecular flexibility index (Phi) is 6.52. The molecule has 26 heavy (non-hydrogen) atoms. The van der Waals surface area contributed by atoms with Gasteiger partial charge in [-0.05, 0) is 6.08 Å². The number of carboxylic acid groups (broad SMARTS) is 1. The Labute approximate surface area is 147 Å². The predicted octanol–water partition coefficient (Wildman–Crippen LogP) is -4.01. The Morgan fingerprint density at radius 3 is 2.42 bits per heavy atom. The number of ether oxygens (including phenoxy) is 3. The molecule has 148 valence electrons. The molecule has 0 spiro atoms. The molecule has 8 unspecified atom stereocenters. The smallest absolute Gasteiger partial charge is 0.371 e. The summed E-state index contributed by atoms with van der Waals surface area (Å²) < 4.78 is 15.3. The van der Waals surface area contributed by atoms with E-state index in [0.29, 0.717) is 0 Å². The van der Waals surface area contributed by atoms with E-state index in [0.717, 1.165) is 13.0 Å². The molecule has 8 atom stereocenters. The van der Waals surface area contributed by atoms with E-state index in [2.05, 4.69) is 5.32 Å². The summed E-state index contributed by atoms with van der Waals surface area (Å²) in [7, 11) is 0. The maximum Gasteiger partial charge on any atom is 0.371 e. The molecule has 0 bridgehead atoms. The minimum atomic E-state index is -1.73. The van der Waals surface area contributed by atoms with E-state index >= 15 is 0 Å². The van der Waals surface area contributed by atoms with Gasteiger partial charge in [-0.15, -0.1) is 0 Å². The molecule has 2 aliphatic heterocycles. The Morgan fingerprint density at radius 1 is 1.23 bits per heavy atom. The van der Waals surface area contributed by atoms with Crippen molar-refractivity contribution in [1.82, 2.24) is 5.32 Å². The zero-order chi connectivity index (χ0) is 19.6. The van der Waals surface area contributed by atoms with Gasteiger partial charge >= 0.3 is 5.97 Å². The fourth-order valence-corrected chi connectivity index (χ4v) is 2.67. The van der Waals surface area contributed by atoms with Gasteiger partial charge in [-0.1, -0.05) is 0 Å². The molecule has 1 fully saturated rings. The van der Waals surface area contributed by atoms with Crippen molar-refractivity contribution < 1.29 is 54.4 Å². The van der Waals surface area contributed by atoms with E-state index in [-0.39, 0.29) is 0 Å². The minimum Gasteiger partial charge on any atom is -0.475 e. The van der Waals surface area contributed by atoms with Crippen LogP contribution in [0, 0.1) is 0 Å². The standard InChI is InChI=1S/C14H21NO11/c1-4(17)15-8-11(10(20)7(3-16)24-13(8)23)26-14-9(19)5(18)2-6(25-14)12(21)22/h2,5,7-11,13-14,16,18-20,23H,3H2,1H3,(H,15,17)(H,21,22). The summed E-state index contributed by atoms with van der Waals surface area (Å²) in [5.74, 6) is -2.81. The van der Waals surface area contributed by atoms with Crippen LogP contribution < -0.4 is 5.32 Å². The highest BCUT2D eigenvalue weighted by molar-refractivity contribution is 5.84. The number of carbonyl (C=O) groups is 2. The molecular formula is C14H21NO11. The maximum absolute atomic E-state index is 11.3. The Morgan fingerprint density at radius 2 is 1.88 bits per heavy atom. The Bertz CT molecular complexity index is 567. The van der Waals surface area contributed by atoms with Crippen LogP contribution in [0.3, 0.4) is 0 Å². The number of aliphatic carboxylic acids is 1. The number of hydrogen-bond donors (Lipinski definition) is 7. The summed E-state index contributed by atoms with van der Waals surface area (Å²) in [5, 5.41) is 60.5. The first-order chi connectivity index (χ1) is 12.1. The molecular weight excluding hydrogens is 358 g/mol. The number of hydrogen-bond acceptors (Lipinski definition) is 10. The molecule has 7 N–H and O–H groups in total. The van der Waals surface area contributed by atoms with Crippen LogP contribution in [0.2, 0.25) is 0 Å². The fraction of sp³-hybridized carbons (Fsp3) is 0.714. The topological polar surface area (TPSA) is 195 Å². The number of nitrogens with one attached hydrogen (secondary N) is 1. The van der Waals surface area contributed by atoms with Crippen LogP contribution in [0.4, 0.5) is 0 Å². The van der Waals surface area contributed by atoms with E-state index in [4.69, 9.17) is 19.3 Å². The normalized spacial score (nSPS) is 40.3. The second-order valence-electron chi connectivity index (χ2n) is 5.87. The van der Waals surface area contributed by atoms with Crippen molar-refractivity contribution in [2.45, 2.75) is 56.1 Å². The summed E-state index contributed by atoms with van der Waals surface area (Å²) in [4.78, 5) is 22.4. The molecule has 2 rings (SSSR count). The number of carbonyl (C=O) groups excluding carboxylic acids is 1. The molecule has 0 aromatic rings. The predicted molar refractivity (Wildman–Crippen MR) is 79.1 cm³/mol. The molecule has 12 nitrogen and oxygen atoms in total. The molecule has 1 amide bonds. The van der Waals surface area contributed by atoms with Gasteiger partial charge in [0.25, 0.3) is 0 Å². The molecule has 2 aliphatic rings. The van der Waals surface area contributed by atoms with Crippen molar-refractivity contribution in [3.63, 3.8) is 0 Å². The second-order valence-corrected chi connectivity index (χ2v) is 5.87. The van der Waals surface area contributed by atoms with Crippen molar-refractivity contribution in [2.75, 3.05) is 6.61 Å². The van der Waals surface area contributed by atoms with Crippen molar-refractivity contribution in [3.8, 4) is 0 Å². The van der Waals surface area contributed by atoms with Crippen LogP contribution in [-0.4, -0.2) is 98.3 Å². The highest BCUT2D eigenvalue weighted by atomic mass is 16.7.